The summed E-state index contributed by atoms with van der Waals surface area (Å²) < 4.78 is 12.1. The van der Waals surface area contributed by atoms with Crippen LogP contribution in [0.15, 0.2) is 28.7 Å². The van der Waals surface area contributed by atoms with Crippen LogP contribution in [0.25, 0.3) is 0 Å². The van der Waals surface area contributed by atoms with Crippen LogP contribution in [0.4, 0.5) is 0 Å². The van der Waals surface area contributed by atoms with E-state index in [0.717, 1.165) is 23.7 Å². The number of ether oxygens (including phenoxy) is 2. The van der Waals surface area contributed by atoms with Crippen LogP contribution in [-0.4, -0.2) is 20.0 Å². The molecule has 0 bridgehead atoms. The van der Waals surface area contributed by atoms with Gasteiger partial charge in [0.1, 0.15) is 0 Å². The summed E-state index contributed by atoms with van der Waals surface area (Å²) in [6.45, 7) is 2.23. The number of hydrogen-bond donors (Lipinski definition) is 0. The van der Waals surface area contributed by atoms with Crippen molar-refractivity contribution in [2.75, 3.05) is 14.2 Å². The van der Waals surface area contributed by atoms with Gasteiger partial charge in [-0.2, -0.15) is 0 Å². The van der Waals surface area contributed by atoms with Crippen LogP contribution in [-0.2, 0) is 14.9 Å². The predicted octanol–water partition coefficient (Wildman–Crippen LogP) is 3.88. The van der Waals surface area contributed by atoms with Crippen LogP contribution in [0.3, 0.4) is 0 Å². The molecule has 1 saturated carbocycles. The Bertz CT molecular complexity index is 391. The molecule has 0 aromatic heterocycles. The van der Waals surface area contributed by atoms with Gasteiger partial charge in [0.05, 0.1) is 0 Å². The average molecular weight is 299 g/mol. The van der Waals surface area contributed by atoms with Gasteiger partial charge in [0.2, 0.25) is 0 Å². The van der Waals surface area contributed by atoms with Crippen LogP contribution in [0, 0.1) is 0 Å². The maximum Gasteiger partial charge on any atom is 0.169 e. The summed E-state index contributed by atoms with van der Waals surface area (Å²) in [7, 11) is 3.45. The quantitative estimate of drug-likeness (QED) is 0.786. The van der Waals surface area contributed by atoms with E-state index < -0.39 is 0 Å². The van der Waals surface area contributed by atoms with E-state index in [1.165, 1.54) is 5.56 Å². The van der Waals surface area contributed by atoms with E-state index in [2.05, 4.69) is 47.1 Å². The summed E-state index contributed by atoms with van der Waals surface area (Å²) in [6, 6.07) is 8.56. The highest BCUT2D eigenvalue weighted by Crippen LogP contribution is 2.54. The summed E-state index contributed by atoms with van der Waals surface area (Å²) in [5.74, 6) is -0.377. The van der Waals surface area contributed by atoms with Crippen molar-refractivity contribution in [1.29, 1.82) is 0 Å². The van der Waals surface area contributed by atoms with Gasteiger partial charge in [0.25, 0.3) is 0 Å². The Balaban J connectivity index is 2.25. The van der Waals surface area contributed by atoms with E-state index in [0.29, 0.717) is 0 Å². The topological polar surface area (TPSA) is 18.5 Å². The third-order valence-electron chi connectivity index (χ3n) is 4.07. The van der Waals surface area contributed by atoms with E-state index in [1.54, 1.807) is 14.2 Å². The van der Waals surface area contributed by atoms with Crippen LogP contribution in [0.1, 0.15) is 31.7 Å². The molecule has 1 aliphatic rings. The minimum absolute atomic E-state index is 0.204. The lowest BCUT2D eigenvalue weighted by Crippen LogP contribution is -2.56. The Hall–Kier alpha value is -0.380. The molecule has 0 saturated heterocycles. The molecule has 2 nitrogen and oxygen atoms in total. The minimum Gasteiger partial charge on any atom is -0.353 e. The lowest BCUT2D eigenvalue weighted by molar-refractivity contribution is -0.279. The van der Waals surface area contributed by atoms with Crippen LogP contribution in [0.5, 0.6) is 0 Å². The lowest BCUT2D eigenvalue weighted by atomic mass is 9.59. The minimum atomic E-state index is -0.377. The first kappa shape index (κ1) is 13.1. The van der Waals surface area contributed by atoms with Gasteiger partial charge in [0, 0.05) is 36.9 Å². The van der Waals surface area contributed by atoms with Gasteiger partial charge in [-0.3, -0.25) is 0 Å². The molecule has 0 heterocycles. The van der Waals surface area contributed by atoms with E-state index in [4.69, 9.17) is 9.47 Å². The van der Waals surface area contributed by atoms with Crippen molar-refractivity contribution in [3.8, 4) is 0 Å². The molecule has 1 aromatic rings. The fourth-order valence-electron chi connectivity index (χ4n) is 2.83. The predicted molar refractivity (Wildman–Crippen MR) is 72.1 cm³/mol. The van der Waals surface area contributed by atoms with Crippen molar-refractivity contribution in [3.05, 3.63) is 34.3 Å². The number of benzene rings is 1. The van der Waals surface area contributed by atoms with E-state index >= 15 is 0 Å². The lowest BCUT2D eigenvalue weighted by Gasteiger charge is -2.54. The Morgan fingerprint density at radius 3 is 2.35 bits per heavy atom. The third-order valence-corrected chi connectivity index (χ3v) is 4.57. The summed E-state index contributed by atoms with van der Waals surface area (Å²) >= 11 is 3.54. The molecule has 1 aromatic carbocycles. The highest BCUT2D eigenvalue weighted by molar-refractivity contribution is 9.10. The van der Waals surface area contributed by atoms with Gasteiger partial charge in [-0.1, -0.05) is 35.0 Å². The van der Waals surface area contributed by atoms with Gasteiger partial charge in [-0.25, -0.2) is 0 Å². The smallest absolute Gasteiger partial charge is 0.169 e. The molecule has 0 N–H and O–H groups in total. The average Bonchev–Trinajstić information content (AvgIpc) is 2.30. The van der Waals surface area contributed by atoms with Crippen molar-refractivity contribution >= 4 is 15.9 Å². The fraction of sp³-hybridized carbons (Fsp3) is 0.571. The van der Waals surface area contributed by atoms with Crippen molar-refractivity contribution in [2.45, 2.75) is 37.4 Å². The van der Waals surface area contributed by atoms with Crippen LogP contribution < -0.4 is 0 Å². The second-order valence-electron chi connectivity index (χ2n) is 4.82. The van der Waals surface area contributed by atoms with Crippen molar-refractivity contribution in [2.24, 2.45) is 0 Å². The van der Waals surface area contributed by atoms with E-state index in [-0.39, 0.29) is 11.2 Å². The monoisotopic (exact) mass is 298 g/mol. The molecule has 1 fully saturated rings. The molecule has 2 rings (SSSR count). The van der Waals surface area contributed by atoms with Gasteiger partial charge in [0.15, 0.2) is 5.79 Å². The highest BCUT2D eigenvalue weighted by Gasteiger charge is 2.55. The van der Waals surface area contributed by atoms with E-state index in [9.17, 15) is 0 Å². The first-order valence-electron chi connectivity index (χ1n) is 5.96. The molecule has 0 aliphatic heterocycles. The largest absolute Gasteiger partial charge is 0.353 e. The molecule has 0 radical (unpaired) electrons. The molecular formula is C14H19BrO2. The maximum absolute atomic E-state index is 5.50. The second kappa shape index (κ2) is 4.71. The summed E-state index contributed by atoms with van der Waals surface area (Å²) in [4.78, 5) is 0. The Morgan fingerprint density at radius 1 is 1.24 bits per heavy atom. The zero-order valence-electron chi connectivity index (χ0n) is 10.6. The van der Waals surface area contributed by atoms with Gasteiger partial charge >= 0.3 is 0 Å². The van der Waals surface area contributed by atoms with E-state index in [1.807, 2.05) is 0 Å². The van der Waals surface area contributed by atoms with Crippen LogP contribution in [0.2, 0.25) is 0 Å². The normalized spacial score (nSPS) is 20.9. The molecule has 0 atom stereocenters. The molecule has 0 spiro atoms. The Labute approximate surface area is 111 Å². The Morgan fingerprint density at radius 2 is 1.88 bits per heavy atom. The number of halogens is 1. The standard InChI is InChI=1S/C14H19BrO2/c1-4-13(9-14(10-13,16-2)17-3)11-6-5-7-12(15)8-11/h5-8H,4,9-10H2,1-3H3. The second-order valence-corrected chi connectivity index (χ2v) is 5.73. The van der Waals surface area contributed by atoms with Crippen molar-refractivity contribution < 1.29 is 9.47 Å². The third kappa shape index (κ3) is 2.16. The number of rotatable bonds is 4. The SMILES string of the molecule is CCC1(c2cccc(Br)c2)CC(OC)(OC)C1. The summed E-state index contributed by atoms with van der Waals surface area (Å²) in [5.41, 5.74) is 1.58. The van der Waals surface area contributed by atoms with Gasteiger partial charge in [-0.05, 0) is 24.1 Å². The van der Waals surface area contributed by atoms with Crippen LogP contribution >= 0.6 is 15.9 Å². The first-order valence-corrected chi connectivity index (χ1v) is 6.75. The molecule has 94 valence electrons. The molecule has 1 aliphatic carbocycles. The molecule has 0 amide bonds. The first-order chi connectivity index (χ1) is 8.10. The molecule has 17 heavy (non-hydrogen) atoms. The maximum atomic E-state index is 5.50. The van der Waals surface area contributed by atoms with Crippen molar-refractivity contribution in [3.63, 3.8) is 0 Å². The summed E-state index contributed by atoms with van der Waals surface area (Å²) in [5, 5.41) is 0. The summed E-state index contributed by atoms with van der Waals surface area (Å²) in [6.07, 6.45) is 2.97. The highest BCUT2D eigenvalue weighted by atomic mass is 79.9. The number of methoxy groups -OCH3 is 2. The Kier molecular flexibility index (Phi) is 3.62. The molecular weight excluding hydrogens is 280 g/mol. The van der Waals surface area contributed by atoms with Crippen molar-refractivity contribution in [1.82, 2.24) is 0 Å². The van der Waals surface area contributed by atoms with Gasteiger partial charge < -0.3 is 9.47 Å². The molecule has 3 heteroatoms. The zero-order chi connectivity index (χ0) is 12.5. The zero-order valence-corrected chi connectivity index (χ0v) is 12.2. The molecule has 0 unspecified atom stereocenters. The van der Waals surface area contributed by atoms with Gasteiger partial charge in [-0.15, -0.1) is 0 Å². The number of hydrogen-bond acceptors (Lipinski definition) is 2. The fourth-order valence-corrected chi connectivity index (χ4v) is 3.23.